The molecule has 0 bridgehead atoms. The summed E-state index contributed by atoms with van der Waals surface area (Å²) >= 11 is 27.8. The number of rotatable bonds is 1. The first-order valence-corrected chi connectivity index (χ1v) is 13.8. The van der Waals surface area contributed by atoms with Crippen LogP contribution in [0.25, 0.3) is 22.1 Å². The molecule has 4 aromatic rings. The number of aromatic nitrogens is 5. The molecule has 0 unspecified atom stereocenters. The van der Waals surface area contributed by atoms with Crippen LogP contribution in [0.15, 0.2) is 35.8 Å². The minimum Gasteiger partial charge on any atom is -0.349 e. The van der Waals surface area contributed by atoms with Gasteiger partial charge in [-0.2, -0.15) is 15.4 Å². The Labute approximate surface area is 232 Å². The minimum absolute atomic E-state index is 0.793. The summed E-state index contributed by atoms with van der Waals surface area (Å²) in [6.07, 6.45) is 0. The Hall–Kier alpha value is 0.950. The van der Waals surface area contributed by atoms with Crippen LogP contribution in [-0.4, -0.2) is 39.5 Å². The van der Waals surface area contributed by atoms with Gasteiger partial charge in [-0.1, -0.05) is 0 Å². The normalized spacial score (nSPS) is 11.1. The Morgan fingerprint density at radius 3 is 1.45 bits per heavy atom. The predicted octanol–water partition coefficient (Wildman–Crippen LogP) is 8.69. The second kappa shape index (κ2) is 9.84. The van der Waals surface area contributed by atoms with E-state index in [2.05, 4.69) is 153 Å². The van der Waals surface area contributed by atoms with E-state index in [1.165, 1.54) is 0 Å². The van der Waals surface area contributed by atoms with Crippen LogP contribution >= 0.6 is 127 Å². The van der Waals surface area contributed by atoms with Gasteiger partial charge in [-0.15, -0.1) is 0 Å². The molecular formula is C15H8Br8N6. The van der Waals surface area contributed by atoms with Gasteiger partial charge in [0.15, 0.2) is 0 Å². The van der Waals surface area contributed by atoms with Crippen LogP contribution in [0.1, 0.15) is 0 Å². The molecule has 14 heteroatoms. The van der Waals surface area contributed by atoms with Crippen molar-refractivity contribution in [2.24, 2.45) is 0 Å². The molecule has 0 spiro atoms. The summed E-state index contributed by atoms with van der Waals surface area (Å²) in [4.78, 5) is 9.71. The molecule has 2 aromatic heterocycles. The summed E-state index contributed by atoms with van der Waals surface area (Å²) in [5.41, 5.74) is 3.44. The van der Waals surface area contributed by atoms with E-state index in [1.54, 1.807) is 0 Å². The van der Waals surface area contributed by atoms with Crippen molar-refractivity contribution in [3.05, 3.63) is 35.8 Å². The highest BCUT2D eigenvalue weighted by atomic mass is 79.9. The predicted molar refractivity (Wildman–Crippen MR) is 146 cm³/mol. The van der Waals surface area contributed by atoms with Crippen LogP contribution in [0.5, 0.6) is 0 Å². The number of aromatic amines is 2. The largest absolute Gasteiger partial charge is 0.349 e. The molecule has 0 fully saturated rings. The van der Waals surface area contributed by atoms with Gasteiger partial charge in [-0.25, -0.2) is 4.98 Å². The van der Waals surface area contributed by atoms with Gasteiger partial charge in [0, 0.05) is 32.0 Å². The van der Waals surface area contributed by atoms with Crippen molar-refractivity contribution in [2.75, 3.05) is 19.0 Å². The topological polar surface area (TPSA) is 73.5 Å². The summed E-state index contributed by atoms with van der Waals surface area (Å²) in [6, 6.07) is 0. The van der Waals surface area contributed by atoms with Crippen molar-refractivity contribution in [1.82, 2.24) is 25.4 Å². The Kier molecular flexibility index (Phi) is 8.34. The third kappa shape index (κ3) is 4.69. The first-order valence-electron chi connectivity index (χ1n) is 7.47. The van der Waals surface area contributed by atoms with E-state index in [1.807, 2.05) is 19.0 Å². The maximum atomic E-state index is 4.52. The molecular weight excluding hydrogens is 903 g/mol. The molecule has 0 aliphatic heterocycles. The number of fused-ring (bicyclic) bond motifs is 2. The van der Waals surface area contributed by atoms with Crippen LogP contribution in [0.3, 0.4) is 0 Å². The van der Waals surface area contributed by atoms with E-state index < -0.39 is 0 Å². The Morgan fingerprint density at radius 2 is 1.00 bits per heavy atom. The van der Waals surface area contributed by atoms with Gasteiger partial charge >= 0.3 is 0 Å². The Balaban J connectivity index is 0.000000169. The molecule has 2 aromatic carbocycles. The summed E-state index contributed by atoms with van der Waals surface area (Å²) in [6.45, 7) is 0. The molecule has 0 atom stereocenters. The van der Waals surface area contributed by atoms with Crippen LogP contribution in [0, 0.1) is 0 Å². The zero-order valence-corrected chi connectivity index (χ0v) is 27.0. The third-order valence-corrected chi connectivity index (χ3v) is 13.1. The number of nitrogens with one attached hydrogen (secondary N) is 2. The first kappa shape index (κ1) is 24.6. The quantitative estimate of drug-likeness (QED) is 0.148. The highest BCUT2D eigenvalue weighted by Gasteiger charge is 2.18. The fourth-order valence-corrected chi connectivity index (χ4v) is 6.77. The van der Waals surface area contributed by atoms with Crippen molar-refractivity contribution in [3.63, 3.8) is 0 Å². The summed E-state index contributed by atoms with van der Waals surface area (Å²) in [7, 11) is 3.90. The van der Waals surface area contributed by atoms with Gasteiger partial charge in [0.2, 0.25) is 5.95 Å². The fourth-order valence-electron chi connectivity index (χ4n) is 2.23. The Morgan fingerprint density at radius 1 is 0.586 bits per heavy atom. The molecule has 0 saturated heterocycles. The van der Waals surface area contributed by atoms with Crippen LogP contribution in [-0.2, 0) is 0 Å². The molecule has 0 aliphatic carbocycles. The number of imidazole rings is 1. The molecule has 0 radical (unpaired) electrons. The summed E-state index contributed by atoms with van der Waals surface area (Å²) in [5, 5.41) is 10.6. The van der Waals surface area contributed by atoms with Gasteiger partial charge in [0.05, 0.1) is 23.4 Å². The molecule has 4 rings (SSSR count). The average molecular weight is 912 g/mol. The van der Waals surface area contributed by atoms with Crippen LogP contribution < -0.4 is 4.90 Å². The zero-order valence-electron chi connectivity index (χ0n) is 14.3. The zero-order chi connectivity index (χ0) is 21.6. The molecule has 0 aliphatic rings. The number of halogens is 8. The lowest BCUT2D eigenvalue weighted by molar-refractivity contribution is 0.958. The van der Waals surface area contributed by atoms with Crippen molar-refractivity contribution in [3.8, 4) is 0 Å². The first-order chi connectivity index (χ1) is 13.6. The van der Waals surface area contributed by atoms with E-state index >= 15 is 0 Å². The standard InChI is InChI=1S/C9H7Br4N3.C6HBr4N3/c1-16(2)9-14-7-5(12)3(10)4(11)6(13)8(7)15-9;7-1-2(8)4(10)6-5(3(1)9)11-13-12-6/h1-2H3,(H,14,15);(H,11,12,13). The Bertz CT molecular complexity index is 1140. The maximum Gasteiger partial charge on any atom is 0.203 e. The lowest BCUT2D eigenvalue weighted by Gasteiger charge is -2.05. The summed E-state index contributed by atoms with van der Waals surface area (Å²) < 4.78 is 7.39. The molecule has 29 heavy (non-hydrogen) atoms. The van der Waals surface area contributed by atoms with Gasteiger partial charge in [-0.05, 0) is 127 Å². The number of hydrogen-bond acceptors (Lipinski definition) is 4. The lowest BCUT2D eigenvalue weighted by atomic mass is 10.3. The van der Waals surface area contributed by atoms with Crippen LogP contribution in [0.4, 0.5) is 5.95 Å². The number of H-pyrrole nitrogens is 2. The number of benzene rings is 2. The van der Waals surface area contributed by atoms with Gasteiger partial charge in [0.25, 0.3) is 0 Å². The number of hydrogen-bond donors (Lipinski definition) is 2. The second-order valence-corrected chi connectivity index (χ2v) is 12.1. The van der Waals surface area contributed by atoms with E-state index in [0.717, 1.165) is 63.8 Å². The van der Waals surface area contributed by atoms with E-state index in [4.69, 9.17) is 0 Å². The minimum atomic E-state index is 0.793. The molecule has 2 heterocycles. The van der Waals surface area contributed by atoms with E-state index in [0.29, 0.717) is 0 Å². The third-order valence-electron chi connectivity index (χ3n) is 3.66. The summed E-state index contributed by atoms with van der Waals surface area (Å²) in [5.74, 6) is 0.821. The van der Waals surface area contributed by atoms with Crippen molar-refractivity contribution in [2.45, 2.75) is 0 Å². The number of anilines is 1. The highest BCUT2D eigenvalue weighted by Crippen LogP contribution is 2.43. The highest BCUT2D eigenvalue weighted by molar-refractivity contribution is 9.15. The molecule has 2 N–H and O–H groups in total. The van der Waals surface area contributed by atoms with E-state index in [9.17, 15) is 0 Å². The van der Waals surface area contributed by atoms with Gasteiger partial charge in [-0.3, -0.25) is 0 Å². The monoisotopic (exact) mass is 903 g/mol. The average Bonchev–Trinajstić information content (AvgIpc) is 3.35. The van der Waals surface area contributed by atoms with Crippen molar-refractivity contribution < 1.29 is 0 Å². The van der Waals surface area contributed by atoms with Crippen molar-refractivity contribution >= 4 is 155 Å². The maximum absolute atomic E-state index is 4.52. The van der Waals surface area contributed by atoms with Gasteiger partial charge in [0.1, 0.15) is 16.6 Å². The molecule has 0 amide bonds. The molecule has 6 nitrogen and oxygen atoms in total. The van der Waals surface area contributed by atoms with E-state index in [-0.39, 0.29) is 0 Å². The second-order valence-electron chi connectivity index (χ2n) is 5.71. The van der Waals surface area contributed by atoms with Gasteiger partial charge < -0.3 is 9.88 Å². The lowest BCUT2D eigenvalue weighted by Crippen LogP contribution is -2.09. The molecule has 0 saturated carbocycles. The van der Waals surface area contributed by atoms with Crippen molar-refractivity contribution in [1.29, 1.82) is 0 Å². The molecule has 154 valence electrons. The number of nitrogens with zero attached hydrogens (tertiary/aromatic N) is 4. The van der Waals surface area contributed by atoms with Crippen LogP contribution in [0.2, 0.25) is 0 Å². The smallest absolute Gasteiger partial charge is 0.203 e. The fraction of sp³-hybridized carbons (Fsp3) is 0.133. The SMILES string of the molecule is Brc1c(Br)c(Br)c2n[nH]nc2c1Br.CN(C)c1nc2c(Br)c(Br)c(Br)c(Br)c2[nH]1.